The Morgan fingerprint density at radius 1 is 1.40 bits per heavy atom. The third kappa shape index (κ3) is 4.92. The summed E-state index contributed by atoms with van der Waals surface area (Å²) in [6.45, 7) is 2.36. The molecule has 1 aromatic rings. The van der Waals surface area contributed by atoms with Gasteiger partial charge in [0.1, 0.15) is 5.82 Å². The van der Waals surface area contributed by atoms with Crippen molar-refractivity contribution in [2.45, 2.75) is 24.6 Å². The highest BCUT2D eigenvalue weighted by molar-refractivity contribution is 9.10. The van der Waals surface area contributed by atoms with Crippen LogP contribution in [-0.2, 0) is 16.0 Å². The third-order valence-corrected chi connectivity index (χ3v) is 3.63. The quantitative estimate of drug-likeness (QED) is 0.772. The van der Waals surface area contributed by atoms with Crippen molar-refractivity contribution in [3.63, 3.8) is 0 Å². The summed E-state index contributed by atoms with van der Waals surface area (Å²) < 4.78 is 13.5. The van der Waals surface area contributed by atoms with Crippen molar-refractivity contribution in [1.29, 1.82) is 0 Å². The summed E-state index contributed by atoms with van der Waals surface area (Å²) in [6.07, 6.45) is 0.133. The van der Waals surface area contributed by atoms with Gasteiger partial charge in [-0.05, 0) is 25.0 Å². The molecule has 1 amide bonds. The van der Waals surface area contributed by atoms with Gasteiger partial charge in [-0.3, -0.25) is 9.59 Å². The monoisotopic (exact) mass is 345 g/mol. The Hall–Kier alpha value is -1.43. The molecule has 4 nitrogen and oxygen atoms in total. The van der Waals surface area contributed by atoms with Gasteiger partial charge >= 0.3 is 5.97 Å². The summed E-state index contributed by atoms with van der Waals surface area (Å²) in [6, 6.07) is 6.28. The molecular formula is C14H17BrFNO3. The second kappa shape index (κ2) is 7.99. The molecule has 0 saturated heterocycles. The van der Waals surface area contributed by atoms with E-state index in [-0.39, 0.29) is 31.1 Å². The van der Waals surface area contributed by atoms with E-state index in [2.05, 4.69) is 15.9 Å². The topological polar surface area (TPSA) is 57.6 Å². The summed E-state index contributed by atoms with van der Waals surface area (Å²) >= 11 is 3.26. The van der Waals surface area contributed by atoms with Crippen molar-refractivity contribution < 1.29 is 19.1 Å². The number of benzene rings is 1. The summed E-state index contributed by atoms with van der Waals surface area (Å²) in [7, 11) is 0. The summed E-state index contributed by atoms with van der Waals surface area (Å²) in [5, 5.41) is 8.65. The minimum Gasteiger partial charge on any atom is -0.481 e. The maximum Gasteiger partial charge on any atom is 0.305 e. The Labute approximate surface area is 125 Å². The molecule has 0 bridgehead atoms. The number of hydrogen-bond acceptors (Lipinski definition) is 2. The van der Waals surface area contributed by atoms with Crippen molar-refractivity contribution in [2.24, 2.45) is 0 Å². The lowest BCUT2D eigenvalue weighted by atomic mass is 10.1. The smallest absolute Gasteiger partial charge is 0.305 e. The van der Waals surface area contributed by atoms with Gasteiger partial charge in [0.25, 0.3) is 0 Å². The van der Waals surface area contributed by atoms with Crippen LogP contribution in [0.1, 0.15) is 18.9 Å². The van der Waals surface area contributed by atoms with Crippen LogP contribution in [0.3, 0.4) is 0 Å². The molecule has 0 aliphatic heterocycles. The molecule has 0 fully saturated rings. The number of hydrogen-bond donors (Lipinski definition) is 1. The zero-order chi connectivity index (χ0) is 15.1. The first-order chi connectivity index (χ1) is 9.45. The molecule has 0 radical (unpaired) electrons. The molecule has 1 aromatic carbocycles. The van der Waals surface area contributed by atoms with E-state index in [0.29, 0.717) is 12.1 Å². The average Bonchev–Trinajstić information content (AvgIpc) is 2.41. The van der Waals surface area contributed by atoms with Gasteiger partial charge in [0.15, 0.2) is 0 Å². The van der Waals surface area contributed by atoms with Crippen LogP contribution in [0.25, 0.3) is 0 Å². The van der Waals surface area contributed by atoms with Gasteiger partial charge < -0.3 is 10.0 Å². The maximum atomic E-state index is 13.5. The fraction of sp³-hybridized carbons (Fsp3) is 0.429. The molecule has 20 heavy (non-hydrogen) atoms. The third-order valence-electron chi connectivity index (χ3n) is 2.91. The summed E-state index contributed by atoms with van der Waals surface area (Å²) in [4.78, 5) is 23.6. The Morgan fingerprint density at radius 2 is 2.05 bits per heavy atom. The van der Waals surface area contributed by atoms with E-state index in [1.807, 2.05) is 0 Å². The standard InChI is InChI=1S/C14H17BrFNO3/c1-2-17(8-7-13(18)19)14(20)11(15)9-10-5-3-4-6-12(10)16/h3-6,11H,2,7-9H2,1H3,(H,18,19). The highest BCUT2D eigenvalue weighted by atomic mass is 79.9. The molecule has 0 spiro atoms. The Balaban J connectivity index is 2.65. The second-order valence-electron chi connectivity index (χ2n) is 4.32. The number of carbonyl (C=O) groups excluding carboxylic acids is 1. The van der Waals surface area contributed by atoms with Gasteiger partial charge in [0.2, 0.25) is 5.91 Å². The number of amides is 1. The lowest BCUT2D eigenvalue weighted by Gasteiger charge is -2.23. The number of nitrogens with zero attached hydrogens (tertiary/aromatic N) is 1. The Kier molecular flexibility index (Phi) is 6.64. The van der Waals surface area contributed by atoms with E-state index in [1.54, 1.807) is 25.1 Å². The number of carbonyl (C=O) groups is 2. The maximum absolute atomic E-state index is 13.5. The minimum atomic E-state index is -0.948. The molecule has 0 saturated carbocycles. The molecular weight excluding hydrogens is 329 g/mol. The average molecular weight is 346 g/mol. The molecule has 1 unspecified atom stereocenters. The van der Waals surface area contributed by atoms with Gasteiger partial charge in [-0.15, -0.1) is 0 Å². The summed E-state index contributed by atoms with van der Waals surface area (Å²) in [5.74, 6) is -1.52. The molecule has 0 heterocycles. The molecule has 110 valence electrons. The van der Waals surface area contributed by atoms with Crippen molar-refractivity contribution in [3.05, 3.63) is 35.6 Å². The zero-order valence-corrected chi connectivity index (χ0v) is 12.8. The Morgan fingerprint density at radius 3 is 2.60 bits per heavy atom. The summed E-state index contributed by atoms with van der Waals surface area (Å²) in [5.41, 5.74) is 0.456. The van der Waals surface area contributed by atoms with Gasteiger partial charge in [-0.25, -0.2) is 4.39 Å². The zero-order valence-electron chi connectivity index (χ0n) is 11.2. The van der Waals surface area contributed by atoms with Crippen LogP contribution >= 0.6 is 15.9 Å². The van der Waals surface area contributed by atoms with Gasteiger partial charge in [-0.1, -0.05) is 34.1 Å². The van der Waals surface area contributed by atoms with Crippen molar-refractivity contribution in [3.8, 4) is 0 Å². The largest absolute Gasteiger partial charge is 0.481 e. The van der Waals surface area contributed by atoms with Crippen LogP contribution in [0.4, 0.5) is 4.39 Å². The first-order valence-corrected chi connectivity index (χ1v) is 7.25. The molecule has 1 N–H and O–H groups in total. The van der Waals surface area contributed by atoms with Crippen LogP contribution in [0.2, 0.25) is 0 Å². The molecule has 1 atom stereocenters. The van der Waals surface area contributed by atoms with Crippen LogP contribution in [0.5, 0.6) is 0 Å². The van der Waals surface area contributed by atoms with Crippen molar-refractivity contribution >= 4 is 27.8 Å². The SMILES string of the molecule is CCN(CCC(=O)O)C(=O)C(Br)Cc1ccccc1F. The lowest BCUT2D eigenvalue weighted by molar-refractivity contribution is -0.138. The number of rotatable bonds is 7. The number of carboxylic acid groups (broad SMARTS) is 1. The van der Waals surface area contributed by atoms with E-state index >= 15 is 0 Å². The van der Waals surface area contributed by atoms with Crippen LogP contribution < -0.4 is 0 Å². The van der Waals surface area contributed by atoms with Crippen molar-refractivity contribution in [1.82, 2.24) is 4.90 Å². The van der Waals surface area contributed by atoms with Crippen LogP contribution in [0, 0.1) is 5.82 Å². The van der Waals surface area contributed by atoms with E-state index in [1.165, 1.54) is 11.0 Å². The molecule has 1 rings (SSSR count). The number of carboxylic acids is 1. The molecule has 0 aliphatic rings. The van der Waals surface area contributed by atoms with E-state index in [0.717, 1.165) is 0 Å². The van der Waals surface area contributed by atoms with E-state index in [9.17, 15) is 14.0 Å². The first-order valence-electron chi connectivity index (χ1n) is 6.33. The van der Waals surface area contributed by atoms with E-state index in [4.69, 9.17) is 5.11 Å². The Bertz CT molecular complexity index is 481. The van der Waals surface area contributed by atoms with Gasteiger partial charge in [0.05, 0.1) is 11.2 Å². The van der Waals surface area contributed by atoms with Crippen LogP contribution in [-0.4, -0.2) is 39.8 Å². The normalized spacial score (nSPS) is 11.9. The fourth-order valence-electron chi connectivity index (χ4n) is 1.80. The van der Waals surface area contributed by atoms with Gasteiger partial charge in [-0.2, -0.15) is 0 Å². The number of aliphatic carboxylic acids is 1. The molecule has 0 aliphatic carbocycles. The number of halogens is 2. The lowest BCUT2D eigenvalue weighted by Crippen LogP contribution is -2.38. The van der Waals surface area contributed by atoms with Gasteiger partial charge in [0, 0.05) is 13.1 Å². The highest BCUT2D eigenvalue weighted by Gasteiger charge is 2.22. The predicted molar refractivity (Wildman–Crippen MR) is 77.3 cm³/mol. The first kappa shape index (κ1) is 16.6. The number of alkyl halides is 1. The van der Waals surface area contributed by atoms with E-state index < -0.39 is 10.8 Å². The highest BCUT2D eigenvalue weighted by Crippen LogP contribution is 2.16. The predicted octanol–water partition coefficient (Wildman–Crippen LogP) is 2.45. The second-order valence-corrected chi connectivity index (χ2v) is 5.43. The molecule has 0 aromatic heterocycles. The van der Waals surface area contributed by atoms with Crippen molar-refractivity contribution in [2.75, 3.05) is 13.1 Å². The fourth-order valence-corrected chi connectivity index (χ4v) is 2.44. The van der Waals surface area contributed by atoms with Crippen LogP contribution in [0.15, 0.2) is 24.3 Å². The molecule has 6 heteroatoms. The minimum absolute atomic E-state index is 0.0982.